The van der Waals surface area contributed by atoms with Crippen LogP contribution >= 0.6 is 0 Å². The van der Waals surface area contributed by atoms with E-state index >= 15 is 0 Å². The second-order valence-electron chi connectivity index (χ2n) is 5.98. The van der Waals surface area contributed by atoms with Crippen LogP contribution < -0.4 is 5.32 Å². The van der Waals surface area contributed by atoms with Crippen molar-refractivity contribution in [3.63, 3.8) is 0 Å². The molecule has 3 nitrogen and oxygen atoms in total. The number of hydrogen-bond acceptors (Lipinski definition) is 2. The fourth-order valence-electron chi connectivity index (χ4n) is 2.72. The number of aryl methyl sites for hydroxylation is 1. The number of carbonyl (C=O) groups is 1. The van der Waals surface area contributed by atoms with Crippen LogP contribution in [0, 0.1) is 24.2 Å². The van der Waals surface area contributed by atoms with Crippen LogP contribution in [0.4, 0.5) is 0 Å². The first-order chi connectivity index (χ1) is 10.1. The molecule has 3 heteroatoms. The number of benzene rings is 1. The average molecular weight is 285 g/mol. The highest BCUT2D eigenvalue weighted by Gasteiger charge is 2.41. The molecule has 112 valence electrons. The van der Waals surface area contributed by atoms with Crippen molar-refractivity contribution in [3.05, 3.63) is 34.9 Å². The Labute approximate surface area is 126 Å². The van der Waals surface area contributed by atoms with Gasteiger partial charge in [0.25, 0.3) is 5.91 Å². The van der Waals surface area contributed by atoms with E-state index in [1.807, 2.05) is 19.1 Å². The Balaban J connectivity index is 2.03. The van der Waals surface area contributed by atoms with Gasteiger partial charge in [-0.1, -0.05) is 25.2 Å². The molecule has 0 spiro atoms. The SMILES string of the molecule is CCCC1(CNC(=O)c2cc(C)cc(C#CCO)c2)CC1. The van der Waals surface area contributed by atoms with E-state index in [-0.39, 0.29) is 12.5 Å². The van der Waals surface area contributed by atoms with E-state index in [0.717, 1.165) is 17.7 Å². The number of carbonyl (C=O) groups excluding carboxylic acids is 1. The Kier molecular flexibility index (Phi) is 5.03. The Hall–Kier alpha value is -1.79. The number of hydrogen-bond donors (Lipinski definition) is 2. The molecule has 1 amide bonds. The molecule has 1 aliphatic carbocycles. The Morgan fingerprint density at radius 1 is 1.38 bits per heavy atom. The van der Waals surface area contributed by atoms with Gasteiger partial charge >= 0.3 is 0 Å². The number of nitrogens with one attached hydrogen (secondary N) is 1. The second-order valence-corrected chi connectivity index (χ2v) is 5.98. The highest BCUT2D eigenvalue weighted by Crippen LogP contribution is 2.48. The minimum atomic E-state index is -0.172. The Bertz CT molecular complexity index is 577. The van der Waals surface area contributed by atoms with E-state index in [0.29, 0.717) is 11.0 Å². The van der Waals surface area contributed by atoms with E-state index in [2.05, 4.69) is 24.1 Å². The molecule has 0 bridgehead atoms. The fraction of sp³-hybridized carbons (Fsp3) is 0.500. The molecule has 0 heterocycles. The van der Waals surface area contributed by atoms with Gasteiger partial charge in [-0.2, -0.15) is 0 Å². The quantitative estimate of drug-likeness (QED) is 0.817. The summed E-state index contributed by atoms with van der Waals surface area (Å²) < 4.78 is 0. The van der Waals surface area contributed by atoms with Crippen molar-refractivity contribution in [3.8, 4) is 11.8 Å². The minimum Gasteiger partial charge on any atom is -0.384 e. The zero-order chi connectivity index (χ0) is 15.3. The van der Waals surface area contributed by atoms with E-state index in [1.54, 1.807) is 6.07 Å². The Morgan fingerprint density at radius 2 is 2.14 bits per heavy atom. The first kappa shape index (κ1) is 15.6. The number of rotatable bonds is 5. The normalized spacial score (nSPS) is 15.0. The van der Waals surface area contributed by atoms with E-state index in [4.69, 9.17) is 5.11 Å². The standard InChI is InChI=1S/C18H23NO2/c1-3-6-18(7-8-18)13-19-17(21)16-11-14(2)10-15(12-16)5-4-9-20/h10-12,20H,3,6-9,13H2,1-2H3,(H,19,21). The highest BCUT2D eigenvalue weighted by molar-refractivity contribution is 5.94. The monoisotopic (exact) mass is 285 g/mol. The molecule has 1 aliphatic rings. The third kappa shape index (κ3) is 4.34. The van der Waals surface area contributed by atoms with Gasteiger partial charge in [0, 0.05) is 17.7 Å². The molecule has 1 fully saturated rings. The van der Waals surface area contributed by atoms with Crippen molar-refractivity contribution in [2.45, 2.75) is 39.5 Å². The summed E-state index contributed by atoms with van der Waals surface area (Å²) in [6.45, 7) is 4.73. The largest absolute Gasteiger partial charge is 0.384 e. The van der Waals surface area contributed by atoms with Crippen molar-refractivity contribution in [1.82, 2.24) is 5.32 Å². The topological polar surface area (TPSA) is 49.3 Å². The summed E-state index contributed by atoms with van der Waals surface area (Å²) in [4.78, 5) is 12.3. The van der Waals surface area contributed by atoms with E-state index in [9.17, 15) is 4.79 Å². The molecule has 0 aliphatic heterocycles. The Morgan fingerprint density at radius 3 is 2.76 bits per heavy atom. The summed E-state index contributed by atoms with van der Waals surface area (Å²) in [5.74, 6) is 5.44. The zero-order valence-electron chi connectivity index (χ0n) is 12.8. The molecule has 1 aromatic rings. The first-order valence-electron chi connectivity index (χ1n) is 7.58. The van der Waals surface area contributed by atoms with Crippen LogP contribution in [0.15, 0.2) is 18.2 Å². The lowest BCUT2D eigenvalue weighted by molar-refractivity contribution is 0.0943. The number of aliphatic hydroxyl groups excluding tert-OH is 1. The minimum absolute atomic E-state index is 0.0341. The maximum Gasteiger partial charge on any atom is 0.251 e. The zero-order valence-corrected chi connectivity index (χ0v) is 12.8. The summed E-state index contributed by atoms with van der Waals surface area (Å²) in [5, 5.41) is 11.8. The lowest BCUT2D eigenvalue weighted by Crippen LogP contribution is -2.30. The molecular weight excluding hydrogens is 262 g/mol. The summed E-state index contributed by atoms with van der Waals surface area (Å²) in [6, 6.07) is 5.57. The van der Waals surface area contributed by atoms with Gasteiger partial charge in [0.15, 0.2) is 0 Å². The smallest absolute Gasteiger partial charge is 0.251 e. The van der Waals surface area contributed by atoms with Crippen LogP contribution in [0.2, 0.25) is 0 Å². The molecule has 0 atom stereocenters. The van der Waals surface area contributed by atoms with Crippen LogP contribution in [-0.4, -0.2) is 24.2 Å². The van der Waals surface area contributed by atoms with Gasteiger partial charge in [0.1, 0.15) is 6.61 Å². The van der Waals surface area contributed by atoms with Crippen molar-refractivity contribution >= 4 is 5.91 Å². The molecule has 21 heavy (non-hydrogen) atoms. The molecular formula is C18H23NO2. The van der Waals surface area contributed by atoms with Gasteiger partial charge in [-0.15, -0.1) is 0 Å². The number of amides is 1. The predicted molar refractivity (Wildman–Crippen MR) is 84.1 cm³/mol. The fourth-order valence-corrected chi connectivity index (χ4v) is 2.72. The summed E-state index contributed by atoms with van der Waals surface area (Å²) in [5.41, 5.74) is 2.77. The van der Waals surface area contributed by atoms with Crippen LogP contribution in [0.25, 0.3) is 0 Å². The second kappa shape index (κ2) is 6.78. The first-order valence-corrected chi connectivity index (χ1v) is 7.58. The molecule has 2 N–H and O–H groups in total. The van der Waals surface area contributed by atoms with Gasteiger partial charge < -0.3 is 10.4 Å². The van der Waals surface area contributed by atoms with Gasteiger partial charge in [-0.3, -0.25) is 4.79 Å². The average Bonchev–Trinajstić information content (AvgIpc) is 3.22. The number of aliphatic hydroxyl groups is 1. The predicted octanol–water partition coefficient (Wildman–Crippen LogP) is 2.65. The van der Waals surface area contributed by atoms with Gasteiger partial charge in [0.2, 0.25) is 0 Å². The van der Waals surface area contributed by atoms with Crippen molar-refractivity contribution < 1.29 is 9.90 Å². The van der Waals surface area contributed by atoms with Crippen molar-refractivity contribution in [2.24, 2.45) is 5.41 Å². The van der Waals surface area contributed by atoms with Crippen LogP contribution in [-0.2, 0) is 0 Å². The highest BCUT2D eigenvalue weighted by atomic mass is 16.2. The van der Waals surface area contributed by atoms with Gasteiger partial charge in [0.05, 0.1) is 0 Å². The summed E-state index contributed by atoms with van der Waals surface area (Å²) in [6.07, 6.45) is 4.81. The van der Waals surface area contributed by atoms with E-state index < -0.39 is 0 Å². The lowest BCUT2D eigenvalue weighted by Gasteiger charge is -2.15. The third-order valence-corrected chi connectivity index (χ3v) is 4.01. The lowest BCUT2D eigenvalue weighted by atomic mass is 10.0. The summed E-state index contributed by atoms with van der Waals surface area (Å²) in [7, 11) is 0. The third-order valence-electron chi connectivity index (χ3n) is 4.01. The van der Waals surface area contributed by atoms with Crippen LogP contribution in [0.5, 0.6) is 0 Å². The molecule has 1 aromatic carbocycles. The van der Waals surface area contributed by atoms with Crippen LogP contribution in [0.1, 0.15) is 54.1 Å². The van der Waals surface area contributed by atoms with Crippen molar-refractivity contribution in [2.75, 3.05) is 13.2 Å². The maximum atomic E-state index is 12.3. The van der Waals surface area contributed by atoms with Crippen LogP contribution in [0.3, 0.4) is 0 Å². The van der Waals surface area contributed by atoms with Gasteiger partial charge in [-0.25, -0.2) is 0 Å². The molecule has 0 saturated heterocycles. The molecule has 1 saturated carbocycles. The van der Waals surface area contributed by atoms with Crippen molar-refractivity contribution in [1.29, 1.82) is 0 Å². The molecule has 0 unspecified atom stereocenters. The molecule has 2 rings (SSSR count). The molecule has 0 radical (unpaired) electrons. The van der Waals surface area contributed by atoms with Gasteiger partial charge in [-0.05, 0) is 55.4 Å². The maximum absolute atomic E-state index is 12.3. The summed E-state index contributed by atoms with van der Waals surface area (Å²) >= 11 is 0. The van der Waals surface area contributed by atoms with E-state index in [1.165, 1.54) is 25.7 Å². The molecule has 0 aromatic heterocycles.